The topological polar surface area (TPSA) is 78.4 Å². The van der Waals surface area contributed by atoms with Crippen LogP contribution in [-0.2, 0) is 9.59 Å². The molecule has 0 saturated heterocycles. The zero-order valence-corrected chi connectivity index (χ0v) is 13.5. The van der Waals surface area contributed by atoms with Gasteiger partial charge < -0.3 is 15.7 Å². The van der Waals surface area contributed by atoms with Crippen LogP contribution in [0.4, 0.5) is 61.5 Å². The lowest BCUT2D eigenvalue weighted by atomic mass is 10.1. The number of alkyl halides is 14. The van der Waals surface area contributed by atoms with Crippen LogP contribution in [0.1, 0.15) is 0 Å². The summed E-state index contributed by atoms with van der Waals surface area (Å²) in [5.74, 6) is -33.2. The van der Waals surface area contributed by atoms with Crippen LogP contribution >= 0.6 is 0 Å². The van der Waals surface area contributed by atoms with Gasteiger partial charge in [0.05, 0.1) is 6.10 Å². The Morgan fingerprint density at radius 1 is 0.600 bits per heavy atom. The first-order valence-electron chi connectivity index (χ1n) is 6.84. The van der Waals surface area contributed by atoms with Gasteiger partial charge in [0.2, 0.25) is 0 Å². The Morgan fingerprint density at radius 2 is 0.833 bits per heavy atom. The average Bonchev–Trinajstić information content (AvgIpc) is 2.54. The van der Waals surface area contributed by atoms with Crippen LogP contribution in [0.5, 0.6) is 0 Å². The number of carbonyl (C=O) groups excluding carboxylic acids is 2. The van der Waals surface area contributed by atoms with E-state index in [4.69, 9.17) is 5.11 Å². The molecule has 0 heterocycles. The molecule has 3 N–H and O–H groups in total. The number of rotatable bonds is 8. The molecule has 0 aromatic rings. The van der Waals surface area contributed by atoms with Crippen LogP contribution in [0.25, 0.3) is 0 Å². The van der Waals surface area contributed by atoms with Crippen molar-refractivity contribution in [3.63, 3.8) is 0 Å². The number of halogens is 14. The molecule has 178 valence electrons. The molecule has 0 unspecified atom stereocenters. The molecule has 0 saturated carbocycles. The Balaban J connectivity index is 4.98. The molecule has 0 bridgehead atoms. The number of amides is 2. The Hall–Kier alpha value is -2.08. The number of aliphatic hydroxyl groups excluding tert-OH is 1. The quantitative estimate of drug-likeness (QED) is 0.465. The maximum absolute atomic E-state index is 12.9. The molecule has 0 rings (SSSR count). The third kappa shape index (κ3) is 5.15. The van der Waals surface area contributed by atoms with Crippen molar-refractivity contribution < 1.29 is 76.2 Å². The van der Waals surface area contributed by atoms with Crippen molar-refractivity contribution in [1.29, 1.82) is 0 Å². The number of hydrogen-bond donors (Lipinski definition) is 3. The van der Waals surface area contributed by atoms with Crippen molar-refractivity contribution in [2.24, 2.45) is 0 Å². The van der Waals surface area contributed by atoms with E-state index in [-0.39, 0.29) is 0 Å². The van der Waals surface area contributed by atoms with Crippen LogP contribution in [0.3, 0.4) is 0 Å². The maximum atomic E-state index is 12.9. The fourth-order valence-corrected chi connectivity index (χ4v) is 1.36. The van der Waals surface area contributed by atoms with Crippen LogP contribution in [0, 0.1) is 0 Å². The highest BCUT2D eigenvalue weighted by Gasteiger charge is 2.77. The Kier molecular flexibility index (Phi) is 7.65. The standard InChI is InChI=1S/C11H8F14N2O3/c12-6(13,8(16,17)10(20,21)22)4(29)26-1-3(28)2-27-5(30)7(14,15)9(18,19)11(23,24)25/h3,28H,1-2H2,(H,26,29)(H,27,30). The second-order valence-electron chi connectivity index (χ2n) is 5.37. The maximum Gasteiger partial charge on any atom is 0.460 e. The Labute approximate surface area is 155 Å². The number of nitrogens with one attached hydrogen (secondary N) is 2. The van der Waals surface area contributed by atoms with Crippen molar-refractivity contribution in [2.45, 2.75) is 42.1 Å². The van der Waals surface area contributed by atoms with Gasteiger partial charge in [-0.15, -0.1) is 0 Å². The summed E-state index contributed by atoms with van der Waals surface area (Å²) in [5.41, 5.74) is 0. The van der Waals surface area contributed by atoms with Crippen molar-refractivity contribution in [3.8, 4) is 0 Å². The van der Waals surface area contributed by atoms with Gasteiger partial charge >= 0.3 is 36.0 Å². The summed E-state index contributed by atoms with van der Waals surface area (Å²) in [6, 6.07) is 0. The van der Waals surface area contributed by atoms with E-state index in [9.17, 15) is 71.1 Å². The SMILES string of the molecule is O=C(NCC(O)CNC(=O)C(F)(F)C(F)(F)C(F)(F)F)C(F)(F)C(F)(F)C(F)(F)F. The zero-order chi connectivity index (χ0) is 24.6. The van der Waals surface area contributed by atoms with E-state index in [1.54, 1.807) is 0 Å². The number of aliphatic hydroxyl groups is 1. The van der Waals surface area contributed by atoms with Gasteiger partial charge in [-0.1, -0.05) is 0 Å². The minimum absolute atomic E-state index is 0.632. The summed E-state index contributed by atoms with van der Waals surface area (Å²) in [6.45, 7) is -3.46. The van der Waals surface area contributed by atoms with E-state index in [0.29, 0.717) is 10.6 Å². The van der Waals surface area contributed by atoms with Crippen molar-refractivity contribution >= 4 is 11.8 Å². The van der Waals surface area contributed by atoms with Gasteiger partial charge in [0.15, 0.2) is 0 Å². The zero-order valence-electron chi connectivity index (χ0n) is 13.5. The van der Waals surface area contributed by atoms with Gasteiger partial charge in [0, 0.05) is 13.1 Å². The van der Waals surface area contributed by atoms with Crippen molar-refractivity contribution in [1.82, 2.24) is 10.6 Å². The van der Waals surface area contributed by atoms with E-state index < -0.39 is 67.1 Å². The first-order chi connectivity index (χ1) is 12.9. The van der Waals surface area contributed by atoms with Crippen LogP contribution in [0.2, 0.25) is 0 Å². The summed E-state index contributed by atoms with van der Waals surface area (Å²) in [5, 5.41) is 10.3. The van der Waals surface area contributed by atoms with Crippen LogP contribution in [-0.4, -0.2) is 72.2 Å². The second kappa shape index (κ2) is 8.22. The molecule has 0 atom stereocenters. The van der Waals surface area contributed by atoms with Gasteiger partial charge in [-0.05, 0) is 0 Å². The third-order valence-electron chi connectivity index (χ3n) is 3.07. The molecular weight excluding hydrogens is 474 g/mol. The van der Waals surface area contributed by atoms with E-state index >= 15 is 0 Å². The third-order valence-corrected chi connectivity index (χ3v) is 3.07. The largest absolute Gasteiger partial charge is 0.460 e. The van der Waals surface area contributed by atoms with E-state index in [1.807, 2.05) is 0 Å². The lowest BCUT2D eigenvalue weighted by Crippen LogP contribution is -2.61. The molecule has 0 spiro atoms. The minimum Gasteiger partial charge on any atom is -0.389 e. The number of hydrogen-bond acceptors (Lipinski definition) is 3. The summed E-state index contributed by atoms with van der Waals surface area (Å²) in [7, 11) is 0. The smallest absolute Gasteiger partial charge is 0.389 e. The lowest BCUT2D eigenvalue weighted by Gasteiger charge is -2.28. The first-order valence-corrected chi connectivity index (χ1v) is 6.84. The highest BCUT2D eigenvalue weighted by molar-refractivity contribution is 5.85. The molecule has 0 radical (unpaired) electrons. The predicted molar refractivity (Wildman–Crippen MR) is 63.9 cm³/mol. The molecule has 2 amide bonds. The van der Waals surface area contributed by atoms with Crippen LogP contribution < -0.4 is 10.6 Å². The van der Waals surface area contributed by atoms with E-state index in [0.717, 1.165) is 0 Å². The predicted octanol–water partition coefficient (Wildman–Crippen LogP) is 2.25. The highest BCUT2D eigenvalue weighted by atomic mass is 19.4. The summed E-state index contributed by atoms with van der Waals surface area (Å²) >= 11 is 0. The first kappa shape index (κ1) is 27.9. The molecule has 5 nitrogen and oxygen atoms in total. The monoisotopic (exact) mass is 482 g/mol. The second-order valence-corrected chi connectivity index (χ2v) is 5.37. The van der Waals surface area contributed by atoms with E-state index in [2.05, 4.69) is 0 Å². The van der Waals surface area contributed by atoms with Crippen molar-refractivity contribution in [3.05, 3.63) is 0 Å². The summed E-state index contributed by atoms with van der Waals surface area (Å²) in [4.78, 5) is 21.6. The fourth-order valence-electron chi connectivity index (χ4n) is 1.36. The van der Waals surface area contributed by atoms with Gasteiger partial charge in [-0.2, -0.15) is 61.5 Å². The lowest BCUT2D eigenvalue weighted by molar-refractivity contribution is -0.344. The average molecular weight is 482 g/mol. The molecule has 0 aliphatic heterocycles. The molecule has 0 aliphatic rings. The highest BCUT2D eigenvalue weighted by Crippen LogP contribution is 2.47. The normalized spacial score (nSPS) is 14.7. The molecule has 0 aromatic heterocycles. The van der Waals surface area contributed by atoms with E-state index in [1.165, 1.54) is 0 Å². The van der Waals surface area contributed by atoms with Gasteiger partial charge in [0.25, 0.3) is 11.8 Å². The van der Waals surface area contributed by atoms with Crippen molar-refractivity contribution in [2.75, 3.05) is 13.1 Å². The Bertz CT molecular complexity index is 588. The Morgan fingerprint density at radius 3 is 1.03 bits per heavy atom. The molecule has 0 aromatic carbocycles. The van der Waals surface area contributed by atoms with Gasteiger partial charge in [-0.25, -0.2) is 0 Å². The summed E-state index contributed by atoms with van der Waals surface area (Å²) < 4.78 is 173. The molecule has 30 heavy (non-hydrogen) atoms. The van der Waals surface area contributed by atoms with Crippen LogP contribution in [0.15, 0.2) is 0 Å². The molecule has 0 fully saturated rings. The molecule has 0 aliphatic carbocycles. The summed E-state index contributed by atoms with van der Waals surface area (Å²) in [6.07, 6.45) is -16.4. The van der Waals surface area contributed by atoms with Gasteiger partial charge in [-0.3, -0.25) is 9.59 Å². The number of carbonyl (C=O) groups is 2. The molecular formula is C11H8F14N2O3. The fraction of sp³-hybridized carbons (Fsp3) is 0.818. The molecule has 19 heteroatoms. The van der Waals surface area contributed by atoms with Gasteiger partial charge in [0.1, 0.15) is 0 Å². The minimum atomic E-state index is -6.89.